The highest BCUT2D eigenvalue weighted by molar-refractivity contribution is 7.17. The van der Waals surface area contributed by atoms with Crippen LogP contribution in [0.2, 0.25) is 0 Å². The fourth-order valence-corrected chi connectivity index (χ4v) is 3.56. The van der Waals surface area contributed by atoms with Crippen molar-refractivity contribution in [3.05, 3.63) is 28.5 Å². The standard InChI is InChI=1S/C16H20N2O3S/c1-9-6-7-13(21-9)16-18-11(3)14(22-16)15(19)17-10(2)12-5-4-8-20-12/h6-7,10,12H,4-5,8H2,1-3H3,(H,17,19). The van der Waals surface area contributed by atoms with Crippen LogP contribution in [0.15, 0.2) is 16.5 Å². The highest BCUT2D eigenvalue weighted by Gasteiger charge is 2.25. The van der Waals surface area contributed by atoms with Gasteiger partial charge in [0.05, 0.1) is 17.8 Å². The Labute approximate surface area is 133 Å². The normalized spacial score (nSPS) is 19.3. The van der Waals surface area contributed by atoms with Gasteiger partial charge in [-0.05, 0) is 45.7 Å². The quantitative estimate of drug-likeness (QED) is 0.938. The van der Waals surface area contributed by atoms with E-state index in [1.165, 1.54) is 11.3 Å². The molecule has 5 nitrogen and oxygen atoms in total. The molecule has 1 fully saturated rings. The Hall–Kier alpha value is -1.66. The smallest absolute Gasteiger partial charge is 0.263 e. The summed E-state index contributed by atoms with van der Waals surface area (Å²) in [5.41, 5.74) is 0.728. The molecule has 2 aromatic rings. The Morgan fingerprint density at radius 2 is 2.27 bits per heavy atom. The summed E-state index contributed by atoms with van der Waals surface area (Å²) in [6.07, 6.45) is 2.18. The molecule has 1 aliphatic heterocycles. The van der Waals surface area contributed by atoms with Crippen LogP contribution in [0, 0.1) is 13.8 Å². The fraction of sp³-hybridized carbons (Fsp3) is 0.500. The number of thiazole rings is 1. The van der Waals surface area contributed by atoms with Crippen LogP contribution in [0.3, 0.4) is 0 Å². The summed E-state index contributed by atoms with van der Waals surface area (Å²) in [4.78, 5) is 17.5. The number of furan rings is 1. The first-order valence-electron chi connectivity index (χ1n) is 7.51. The summed E-state index contributed by atoms with van der Waals surface area (Å²) in [6.45, 7) is 6.51. The average molecular weight is 320 g/mol. The molecular formula is C16H20N2O3S. The maximum absolute atomic E-state index is 12.5. The molecule has 0 saturated carbocycles. The van der Waals surface area contributed by atoms with E-state index in [-0.39, 0.29) is 18.1 Å². The number of hydrogen-bond acceptors (Lipinski definition) is 5. The molecule has 3 rings (SSSR count). The molecule has 1 aliphatic rings. The van der Waals surface area contributed by atoms with Gasteiger partial charge in [-0.3, -0.25) is 4.79 Å². The van der Waals surface area contributed by atoms with Gasteiger partial charge in [0.25, 0.3) is 5.91 Å². The third-order valence-corrected chi connectivity index (χ3v) is 5.01. The summed E-state index contributed by atoms with van der Waals surface area (Å²) in [5.74, 6) is 1.45. The van der Waals surface area contributed by atoms with Crippen molar-refractivity contribution < 1.29 is 13.9 Å². The Kier molecular flexibility index (Phi) is 4.31. The van der Waals surface area contributed by atoms with Crippen LogP contribution in [0.25, 0.3) is 10.8 Å². The largest absolute Gasteiger partial charge is 0.459 e. The number of aryl methyl sites for hydroxylation is 2. The number of hydrogen-bond donors (Lipinski definition) is 1. The molecule has 0 radical (unpaired) electrons. The maximum Gasteiger partial charge on any atom is 0.263 e. The second kappa shape index (κ2) is 6.22. The summed E-state index contributed by atoms with van der Waals surface area (Å²) >= 11 is 1.36. The van der Waals surface area contributed by atoms with Gasteiger partial charge in [-0.25, -0.2) is 4.98 Å². The molecule has 3 heterocycles. The molecule has 1 saturated heterocycles. The third-order valence-electron chi connectivity index (χ3n) is 3.84. The molecule has 2 aromatic heterocycles. The van der Waals surface area contributed by atoms with E-state index in [0.29, 0.717) is 10.6 Å². The molecule has 6 heteroatoms. The van der Waals surface area contributed by atoms with Crippen LogP contribution in [-0.4, -0.2) is 29.6 Å². The predicted molar refractivity (Wildman–Crippen MR) is 85.2 cm³/mol. The second-order valence-electron chi connectivity index (χ2n) is 5.66. The van der Waals surface area contributed by atoms with Crippen molar-refractivity contribution in [3.63, 3.8) is 0 Å². The summed E-state index contributed by atoms with van der Waals surface area (Å²) in [6, 6.07) is 3.78. The van der Waals surface area contributed by atoms with Crippen LogP contribution in [-0.2, 0) is 4.74 Å². The number of carbonyl (C=O) groups excluding carboxylic acids is 1. The van der Waals surface area contributed by atoms with Crippen molar-refractivity contribution in [2.45, 2.75) is 45.8 Å². The lowest BCUT2D eigenvalue weighted by atomic mass is 10.1. The zero-order chi connectivity index (χ0) is 15.7. The molecule has 118 valence electrons. The van der Waals surface area contributed by atoms with Crippen LogP contribution in [0.1, 0.15) is 40.9 Å². The van der Waals surface area contributed by atoms with Crippen LogP contribution in [0.4, 0.5) is 0 Å². The number of nitrogens with one attached hydrogen (secondary N) is 1. The molecule has 1 amide bonds. The van der Waals surface area contributed by atoms with Gasteiger partial charge in [-0.15, -0.1) is 11.3 Å². The van der Waals surface area contributed by atoms with Crippen LogP contribution in [0.5, 0.6) is 0 Å². The van der Waals surface area contributed by atoms with E-state index in [0.717, 1.165) is 35.9 Å². The molecule has 2 unspecified atom stereocenters. The van der Waals surface area contributed by atoms with Gasteiger partial charge in [0.2, 0.25) is 0 Å². The first kappa shape index (κ1) is 15.2. The Bertz CT molecular complexity index is 671. The van der Waals surface area contributed by atoms with Gasteiger partial charge in [0, 0.05) is 6.61 Å². The Morgan fingerprint density at radius 1 is 1.45 bits per heavy atom. The first-order chi connectivity index (χ1) is 10.5. The SMILES string of the molecule is Cc1ccc(-c2nc(C)c(C(=O)NC(C)C3CCCO3)s2)o1. The average Bonchev–Trinajstić information content (AvgIpc) is 3.18. The molecular weight excluding hydrogens is 300 g/mol. The lowest BCUT2D eigenvalue weighted by molar-refractivity contribution is 0.0714. The van der Waals surface area contributed by atoms with Crippen molar-refractivity contribution in [3.8, 4) is 10.8 Å². The van der Waals surface area contributed by atoms with Crippen molar-refractivity contribution in [1.82, 2.24) is 10.3 Å². The monoisotopic (exact) mass is 320 g/mol. The summed E-state index contributed by atoms with van der Waals surface area (Å²) < 4.78 is 11.2. The van der Waals surface area contributed by atoms with E-state index < -0.39 is 0 Å². The van der Waals surface area contributed by atoms with Gasteiger partial charge in [-0.2, -0.15) is 0 Å². The maximum atomic E-state index is 12.5. The minimum atomic E-state index is -0.0903. The highest BCUT2D eigenvalue weighted by Crippen LogP contribution is 2.29. The molecule has 0 spiro atoms. The molecule has 1 N–H and O–H groups in total. The van der Waals surface area contributed by atoms with Gasteiger partial charge in [0.1, 0.15) is 10.6 Å². The summed E-state index contributed by atoms with van der Waals surface area (Å²) in [5, 5.41) is 3.76. The Morgan fingerprint density at radius 3 is 2.91 bits per heavy atom. The molecule has 0 aromatic carbocycles. The Balaban J connectivity index is 1.73. The lowest BCUT2D eigenvalue weighted by Crippen LogP contribution is -2.40. The minimum absolute atomic E-state index is 0.00538. The predicted octanol–water partition coefficient (Wildman–Crippen LogP) is 3.32. The van der Waals surface area contributed by atoms with Crippen molar-refractivity contribution in [2.75, 3.05) is 6.61 Å². The van der Waals surface area contributed by atoms with E-state index in [4.69, 9.17) is 9.15 Å². The third kappa shape index (κ3) is 3.08. The van der Waals surface area contributed by atoms with Crippen LogP contribution >= 0.6 is 11.3 Å². The zero-order valence-electron chi connectivity index (χ0n) is 13.0. The highest BCUT2D eigenvalue weighted by atomic mass is 32.1. The summed E-state index contributed by atoms with van der Waals surface area (Å²) in [7, 11) is 0. The van der Waals surface area contributed by atoms with Gasteiger partial charge in [-0.1, -0.05) is 0 Å². The number of aromatic nitrogens is 1. The molecule has 0 aliphatic carbocycles. The molecule has 22 heavy (non-hydrogen) atoms. The first-order valence-corrected chi connectivity index (χ1v) is 8.33. The van der Waals surface area contributed by atoms with Gasteiger partial charge < -0.3 is 14.5 Å². The number of ether oxygens (including phenoxy) is 1. The number of rotatable bonds is 4. The van der Waals surface area contributed by atoms with E-state index in [2.05, 4.69) is 10.3 Å². The number of amides is 1. The van der Waals surface area contributed by atoms with Crippen molar-refractivity contribution in [2.24, 2.45) is 0 Å². The molecule has 2 atom stereocenters. The zero-order valence-corrected chi connectivity index (χ0v) is 13.8. The topological polar surface area (TPSA) is 64.4 Å². The van der Waals surface area contributed by atoms with E-state index in [1.807, 2.05) is 32.9 Å². The van der Waals surface area contributed by atoms with Gasteiger partial charge >= 0.3 is 0 Å². The minimum Gasteiger partial charge on any atom is -0.459 e. The van der Waals surface area contributed by atoms with E-state index in [9.17, 15) is 4.79 Å². The molecule has 0 bridgehead atoms. The van der Waals surface area contributed by atoms with Crippen molar-refractivity contribution in [1.29, 1.82) is 0 Å². The van der Waals surface area contributed by atoms with Crippen molar-refractivity contribution >= 4 is 17.2 Å². The lowest BCUT2D eigenvalue weighted by Gasteiger charge is -2.19. The number of nitrogens with zero attached hydrogens (tertiary/aromatic N) is 1. The fourth-order valence-electron chi connectivity index (χ4n) is 2.62. The van der Waals surface area contributed by atoms with E-state index in [1.54, 1.807) is 0 Å². The number of carbonyl (C=O) groups is 1. The van der Waals surface area contributed by atoms with E-state index >= 15 is 0 Å². The van der Waals surface area contributed by atoms with Gasteiger partial charge in [0.15, 0.2) is 10.8 Å². The van der Waals surface area contributed by atoms with Crippen LogP contribution < -0.4 is 5.32 Å². The second-order valence-corrected chi connectivity index (χ2v) is 6.66.